The highest BCUT2D eigenvalue weighted by atomic mass is 32.2. The highest BCUT2D eigenvalue weighted by molar-refractivity contribution is 7.89. The minimum Gasteiger partial charge on any atom is -0.465 e. The summed E-state index contributed by atoms with van der Waals surface area (Å²) in [6.45, 7) is 1.05. The van der Waals surface area contributed by atoms with E-state index in [0.717, 1.165) is 25.7 Å². The highest BCUT2D eigenvalue weighted by Gasteiger charge is 2.25. The first-order chi connectivity index (χ1) is 13.4. The molecule has 7 nitrogen and oxygen atoms in total. The van der Waals surface area contributed by atoms with E-state index in [2.05, 4.69) is 10.1 Å². The van der Waals surface area contributed by atoms with Crippen molar-refractivity contribution in [1.29, 1.82) is 0 Å². The number of nitrogens with zero attached hydrogens (tertiary/aromatic N) is 1. The number of ether oxygens (including phenoxy) is 1. The highest BCUT2D eigenvalue weighted by Crippen LogP contribution is 2.25. The van der Waals surface area contributed by atoms with Crippen LogP contribution in [0.5, 0.6) is 0 Å². The van der Waals surface area contributed by atoms with Crippen molar-refractivity contribution in [3.63, 3.8) is 0 Å². The summed E-state index contributed by atoms with van der Waals surface area (Å²) in [6, 6.07) is 7.43. The smallest absolute Gasteiger partial charge is 0.340 e. The molecule has 2 aromatic rings. The molecule has 1 amide bonds. The molecule has 2 heterocycles. The van der Waals surface area contributed by atoms with Gasteiger partial charge in [-0.2, -0.15) is 4.31 Å². The molecule has 150 valence electrons. The largest absolute Gasteiger partial charge is 0.465 e. The molecule has 9 heteroatoms. The van der Waals surface area contributed by atoms with Crippen LogP contribution in [0.4, 0.5) is 5.00 Å². The predicted molar refractivity (Wildman–Crippen MR) is 107 cm³/mol. The van der Waals surface area contributed by atoms with Crippen LogP contribution in [0.1, 0.15) is 46.4 Å². The van der Waals surface area contributed by atoms with E-state index in [0.29, 0.717) is 23.7 Å². The van der Waals surface area contributed by atoms with Crippen molar-refractivity contribution in [1.82, 2.24) is 4.31 Å². The molecule has 0 radical (unpaired) electrons. The summed E-state index contributed by atoms with van der Waals surface area (Å²) in [6.07, 6.45) is 3.81. The number of thiophene rings is 1. The van der Waals surface area contributed by atoms with Crippen LogP contribution in [-0.4, -0.2) is 44.8 Å². The Hall–Kier alpha value is -2.23. The molecule has 0 atom stereocenters. The van der Waals surface area contributed by atoms with Gasteiger partial charge in [-0.25, -0.2) is 13.2 Å². The topological polar surface area (TPSA) is 92.8 Å². The fourth-order valence-corrected chi connectivity index (χ4v) is 5.35. The van der Waals surface area contributed by atoms with Crippen molar-refractivity contribution in [2.24, 2.45) is 0 Å². The number of methoxy groups -OCH3 is 1. The fourth-order valence-electron chi connectivity index (χ4n) is 3.06. The SMILES string of the molecule is COC(=O)c1ccsc1NC(=O)c1ccc(S(=O)(=O)N2CCCCCC2)cc1. The number of esters is 1. The molecular weight excluding hydrogens is 400 g/mol. The Balaban J connectivity index is 1.74. The summed E-state index contributed by atoms with van der Waals surface area (Å²) in [7, 11) is -2.28. The van der Waals surface area contributed by atoms with E-state index in [1.807, 2.05) is 0 Å². The van der Waals surface area contributed by atoms with Crippen molar-refractivity contribution in [3.8, 4) is 0 Å². The Bertz CT molecular complexity index is 943. The standard InChI is InChI=1S/C19H22N2O5S2/c1-26-19(23)16-10-13-27-18(16)20-17(22)14-6-8-15(9-7-14)28(24,25)21-11-4-2-3-5-12-21/h6-10,13H,2-5,11-12H2,1H3,(H,20,22). The molecule has 1 aromatic carbocycles. The number of nitrogens with one attached hydrogen (secondary N) is 1. The van der Waals surface area contributed by atoms with Gasteiger partial charge in [0.1, 0.15) is 5.00 Å². The first-order valence-electron chi connectivity index (χ1n) is 9.01. The number of amides is 1. The summed E-state index contributed by atoms with van der Waals surface area (Å²) < 4.78 is 31.8. The van der Waals surface area contributed by atoms with Gasteiger partial charge in [0, 0.05) is 18.7 Å². The van der Waals surface area contributed by atoms with E-state index in [1.165, 1.54) is 47.0 Å². The second kappa shape index (κ2) is 8.85. The number of hydrogen-bond donors (Lipinski definition) is 1. The van der Waals surface area contributed by atoms with Gasteiger partial charge in [0.05, 0.1) is 17.6 Å². The van der Waals surface area contributed by atoms with E-state index < -0.39 is 21.9 Å². The Morgan fingerprint density at radius 3 is 2.29 bits per heavy atom. The molecule has 1 N–H and O–H groups in total. The second-order valence-corrected chi connectivity index (χ2v) is 9.31. The second-order valence-electron chi connectivity index (χ2n) is 6.45. The lowest BCUT2D eigenvalue weighted by Crippen LogP contribution is -2.31. The number of carbonyl (C=O) groups is 2. The summed E-state index contributed by atoms with van der Waals surface area (Å²) in [5.41, 5.74) is 0.584. The van der Waals surface area contributed by atoms with Gasteiger partial charge in [-0.3, -0.25) is 4.79 Å². The molecule has 1 aromatic heterocycles. The molecule has 1 fully saturated rings. The Kier molecular flexibility index (Phi) is 6.48. The van der Waals surface area contributed by atoms with Gasteiger partial charge >= 0.3 is 5.97 Å². The van der Waals surface area contributed by atoms with Crippen molar-refractivity contribution in [3.05, 3.63) is 46.8 Å². The lowest BCUT2D eigenvalue weighted by Gasteiger charge is -2.20. The van der Waals surface area contributed by atoms with Gasteiger partial charge in [-0.15, -0.1) is 11.3 Å². The third-order valence-electron chi connectivity index (χ3n) is 4.62. The molecule has 1 aliphatic rings. The zero-order chi connectivity index (χ0) is 20.1. The predicted octanol–water partition coefficient (Wildman–Crippen LogP) is 3.35. The molecule has 0 unspecified atom stereocenters. The molecule has 0 bridgehead atoms. The van der Waals surface area contributed by atoms with Gasteiger partial charge in [-0.05, 0) is 48.6 Å². The molecule has 0 aliphatic carbocycles. The van der Waals surface area contributed by atoms with Crippen LogP contribution >= 0.6 is 11.3 Å². The van der Waals surface area contributed by atoms with Crippen LogP contribution in [0.25, 0.3) is 0 Å². The van der Waals surface area contributed by atoms with Crippen LogP contribution in [-0.2, 0) is 14.8 Å². The van der Waals surface area contributed by atoms with Gasteiger partial charge in [0.2, 0.25) is 10.0 Å². The molecule has 3 rings (SSSR count). The van der Waals surface area contributed by atoms with Crippen molar-refractivity contribution in [2.75, 3.05) is 25.5 Å². The van der Waals surface area contributed by atoms with E-state index in [-0.39, 0.29) is 10.5 Å². The van der Waals surface area contributed by atoms with E-state index in [1.54, 1.807) is 11.4 Å². The molecular formula is C19H22N2O5S2. The summed E-state index contributed by atoms with van der Waals surface area (Å²) in [4.78, 5) is 24.3. The van der Waals surface area contributed by atoms with E-state index in [4.69, 9.17) is 0 Å². The quantitative estimate of drug-likeness (QED) is 0.746. The van der Waals surface area contributed by atoms with Crippen molar-refractivity contribution in [2.45, 2.75) is 30.6 Å². The Labute approximate surface area is 168 Å². The van der Waals surface area contributed by atoms with Crippen molar-refractivity contribution >= 4 is 38.2 Å². The number of rotatable bonds is 5. The van der Waals surface area contributed by atoms with Crippen LogP contribution in [0.15, 0.2) is 40.6 Å². The minimum absolute atomic E-state index is 0.178. The van der Waals surface area contributed by atoms with Crippen LogP contribution < -0.4 is 5.32 Å². The first-order valence-corrected chi connectivity index (χ1v) is 11.3. The maximum absolute atomic E-state index is 12.8. The zero-order valence-corrected chi connectivity index (χ0v) is 17.1. The molecule has 1 saturated heterocycles. The maximum atomic E-state index is 12.8. The first kappa shape index (κ1) is 20.5. The molecule has 0 saturated carbocycles. The van der Waals surface area contributed by atoms with Crippen LogP contribution in [0.2, 0.25) is 0 Å². The number of benzene rings is 1. The molecule has 28 heavy (non-hydrogen) atoms. The summed E-state index contributed by atoms with van der Waals surface area (Å²) in [5.74, 6) is -0.957. The monoisotopic (exact) mass is 422 g/mol. The Morgan fingerprint density at radius 2 is 1.68 bits per heavy atom. The average Bonchev–Trinajstić information content (AvgIpc) is 2.98. The summed E-state index contributed by atoms with van der Waals surface area (Å²) in [5, 5.41) is 4.74. The van der Waals surface area contributed by atoms with E-state index >= 15 is 0 Å². The lowest BCUT2D eigenvalue weighted by atomic mass is 10.2. The Morgan fingerprint density at radius 1 is 1.04 bits per heavy atom. The lowest BCUT2D eigenvalue weighted by molar-refractivity contribution is 0.0602. The van der Waals surface area contributed by atoms with Gasteiger partial charge in [-0.1, -0.05) is 12.8 Å². The third-order valence-corrected chi connectivity index (χ3v) is 7.36. The molecule has 1 aliphatic heterocycles. The van der Waals surface area contributed by atoms with Crippen LogP contribution in [0.3, 0.4) is 0 Å². The third kappa shape index (κ3) is 4.43. The zero-order valence-electron chi connectivity index (χ0n) is 15.5. The minimum atomic E-state index is -3.56. The van der Waals surface area contributed by atoms with E-state index in [9.17, 15) is 18.0 Å². The number of hydrogen-bond acceptors (Lipinski definition) is 6. The maximum Gasteiger partial charge on any atom is 0.340 e. The average molecular weight is 423 g/mol. The number of sulfonamides is 1. The van der Waals surface area contributed by atoms with Crippen LogP contribution in [0, 0.1) is 0 Å². The van der Waals surface area contributed by atoms with Crippen molar-refractivity contribution < 1.29 is 22.7 Å². The van der Waals surface area contributed by atoms with Gasteiger partial charge < -0.3 is 10.1 Å². The molecule has 0 spiro atoms. The van der Waals surface area contributed by atoms with Gasteiger partial charge in [0.15, 0.2) is 0 Å². The number of carbonyl (C=O) groups excluding carboxylic acids is 2. The van der Waals surface area contributed by atoms with Gasteiger partial charge in [0.25, 0.3) is 5.91 Å². The normalized spacial score (nSPS) is 15.6. The fraction of sp³-hybridized carbons (Fsp3) is 0.368. The number of anilines is 1. The summed E-state index contributed by atoms with van der Waals surface area (Å²) >= 11 is 1.21.